The van der Waals surface area contributed by atoms with Gasteiger partial charge in [-0.1, -0.05) is 46.1 Å². The van der Waals surface area contributed by atoms with E-state index in [-0.39, 0.29) is 5.41 Å². The van der Waals surface area contributed by atoms with Crippen LogP contribution in [0.5, 0.6) is 0 Å². The second kappa shape index (κ2) is 6.83. The Morgan fingerprint density at radius 3 is 2.62 bits per heavy atom. The van der Waals surface area contributed by atoms with Crippen molar-refractivity contribution in [3.63, 3.8) is 0 Å². The van der Waals surface area contributed by atoms with Crippen molar-refractivity contribution in [2.75, 3.05) is 0 Å². The van der Waals surface area contributed by atoms with Crippen LogP contribution >= 0.6 is 0 Å². The molecule has 0 amide bonds. The first-order valence-electron chi connectivity index (χ1n) is 7.93. The Hall–Kier alpha value is -1.71. The molecule has 2 aromatic rings. The van der Waals surface area contributed by atoms with E-state index in [2.05, 4.69) is 30.9 Å². The molecule has 0 aromatic carbocycles. The molecule has 4 nitrogen and oxygen atoms in total. The second-order valence-electron chi connectivity index (χ2n) is 5.97. The van der Waals surface area contributed by atoms with E-state index in [0.29, 0.717) is 0 Å². The number of aryl methyl sites for hydroxylation is 1. The second-order valence-corrected chi connectivity index (χ2v) is 5.97. The van der Waals surface area contributed by atoms with Crippen LogP contribution in [0.15, 0.2) is 24.4 Å². The van der Waals surface area contributed by atoms with Gasteiger partial charge in [0.1, 0.15) is 5.69 Å². The first kappa shape index (κ1) is 15.7. The van der Waals surface area contributed by atoms with Gasteiger partial charge in [-0.2, -0.15) is 5.10 Å². The van der Waals surface area contributed by atoms with Gasteiger partial charge in [-0.25, -0.2) is 9.67 Å². The highest BCUT2D eigenvalue weighted by Crippen LogP contribution is 2.32. The minimum Gasteiger partial charge on any atom is -0.253 e. The largest absolute Gasteiger partial charge is 0.253 e. The van der Waals surface area contributed by atoms with E-state index in [1.807, 2.05) is 29.9 Å². The molecule has 0 aliphatic rings. The molecular weight excluding hydrogens is 260 g/mol. The summed E-state index contributed by atoms with van der Waals surface area (Å²) in [4.78, 5) is 9.17. The fourth-order valence-corrected chi connectivity index (χ4v) is 2.57. The lowest BCUT2D eigenvalue weighted by Gasteiger charge is -2.24. The third kappa shape index (κ3) is 3.49. The van der Waals surface area contributed by atoms with Crippen LogP contribution in [-0.4, -0.2) is 19.7 Å². The van der Waals surface area contributed by atoms with Crippen molar-refractivity contribution >= 4 is 0 Å². The van der Waals surface area contributed by atoms with Crippen LogP contribution in [0.4, 0.5) is 0 Å². The van der Waals surface area contributed by atoms with Gasteiger partial charge in [-0.15, -0.1) is 0 Å². The lowest BCUT2D eigenvalue weighted by Crippen LogP contribution is -2.23. The predicted octanol–water partition coefficient (Wildman–Crippen LogP) is 4.13. The van der Waals surface area contributed by atoms with E-state index in [4.69, 9.17) is 4.98 Å². The number of rotatable bonds is 7. The number of pyridine rings is 1. The molecule has 0 N–H and O–H groups in total. The number of aromatic nitrogens is 4. The van der Waals surface area contributed by atoms with Crippen molar-refractivity contribution in [3.05, 3.63) is 30.2 Å². The van der Waals surface area contributed by atoms with Gasteiger partial charge in [0.2, 0.25) is 0 Å². The van der Waals surface area contributed by atoms with E-state index in [1.165, 1.54) is 19.3 Å². The molecule has 114 valence electrons. The molecule has 2 rings (SSSR count). The molecule has 0 saturated carbocycles. The lowest BCUT2D eigenvalue weighted by atomic mass is 9.81. The Balaban J connectivity index is 2.27. The molecule has 2 heterocycles. The van der Waals surface area contributed by atoms with E-state index >= 15 is 0 Å². The van der Waals surface area contributed by atoms with Crippen LogP contribution in [0.2, 0.25) is 0 Å². The maximum absolute atomic E-state index is 4.79. The van der Waals surface area contributed by atoms with Crippen LogP contribution in [0, 0.1) is 0 Å². The van der Waals surface area contributed by atoms with Crippen molar-refractivity contribution in [1.82, 2.24) is 19.7 Å². The first-order valence-corrected chi connectivity index (χ1v) is 7.93. The Labute approximate surface area is 127 Å². The van der Waals surface area contributed by atoms with Crippen molar-refractivity contribution in [3.8, 4) is 11.5 Å². The Morgan fingerprint density at radius 1 is 1.19 bits per heavy atom. The summed E-state index contributed by atoms with van der Waals surface area (Å²) in [6.07, 6.45) is 7.75. The van der Waals surface area contributed by atoms with E-state index in [9.17, 15) is 0 Å². The summed E-state index contributed by atoms with van der Waals surface area (Å²) < 4.78 is 1.85. The quantitative estimate of drug-likeness (QED) is 0.719. The monoisotopic (exact) mass is 286 g/mol. The molecule has 1 atom stereocenters. The summed E-state index contributed by atoms with van der Waals surface area (Å²) in [5, 5.41) is 4.67. The molecule has 0 radical (unpaired) electrons. The van der Waals surface area contributed by atoms with Crippen LogP contribution in [0.1, 0.15) is 58.7 Å². The Kier molecular flexibility index (Phi) is 5.10. The fraction of sp³-hybridized carbons (Fsp3) is 0.588. The van der Waals surface area contributed by atoms with Crippen molar-refractivity contribution in [2.24, 2.45) is 7.05 Å². The van der Waals surface area contributed by atoms with Gasteiger partial charge in [0, 0.05) is 18.7 Å². The number of unbranched alkanes of at least 4 members (excludes halogenated alkanes) is 2. The third-order valence-corrected chi connectivity index (χ3v) is 4.31. The average molecular weight is 286 g/mol. The third-order valence-electron chi connectivity index (χ3n) is 4.31. The van der Waals surface area contributed by atoms with E-state index in [0.717, 1.165) is 30.2 Å². The summed E-state index contributed by atoms with van der Waals surface area (Å²) in [5.74, 6) is 1.80. The maximum atomic E-state index is 4.79. The SMILES string of the molecule is CCCCCC(C)(CC)c1nc(-c2ccccn2)n(C)n1. The maximum Gasteiger partial charge on any atom is 0.176 e. The molecule has 21 heavy (non-hydrogen) atoms. The van der Waals surface area contributed by atoms with Crippen molar-refractivity contribution < 1.29 is 0 Å². The molecule has 1 unspecified atom stereocenters. The summed E-state index contributed by atoms with van der Waals surface area (Å²) >= 11 is 0. The molecule has 0 saturated heterocycles. The van der Waals surface area contributed by atoms with Gasteiger partial charge in [-0.05, 0) is 25.0 Å². The van der Waals surface area contributed by atoms with Gasteiger partial charge in [0.25, 0.3) is 0 Å². The molecular formula is C17H26N4. The van der Waals surface area contributed by atoms with Crippen molar-refractivity contribution in [1.29, 1.82) is 0 Å². The normalized spacial score (nSPS) is 14.1. The summed E-state index contributed by atoms with van der Waals surface area (Å²) in [6.45, 7) is 6.74. The van der Waals surface area contributed by atoms with Gasteiger partial charge >= 0.3 is 0 Å². The van der Waals surface area contributed by atoms with Crippen LogP contribution < -0.4 is 0 Å². The van der Waals surface area contributed by atoms with Gasteiger partial charge in [0.05, 0.1) is 0 Å². The zero-order valence-corrected chi connectivity index (χ0v) is 13.6. The standard InChI is InChI=1S/C17H26N4/c1-5-7-9-12-17(3,6-2)16-19-15(21(4)20-16)14-11-8-10-13-18-14/h8,10-11,13H,5-7,9,12H2,1-4H3. The molecule has 0 bridgehead atoms. The molecule has 4 heteroatoms. The molecule has 0 fully saturated rings. The molecule has 2 aromatic heterocycles. The number of hydrogen-bond acceptors (Lipinski definition) is 3. The smallest absolute Gasteiger partial charge is 0.176 e. The number of nitrogens with zero attached hydrogens (tertiary/aromatic N) is 4. The Bertz CT molecular complexity index is 561. The zero-order valence-electron chi connectivity index (χ0n) is 13.6. The molecule has 0 aliphatic carbocycles. The lowest BCUT2D eigenvalue weighted by molar-refractivity contribution is 0.375. The highest BCUT2D eigenvalue weighted by molar-refractivity contribution is 5.48. The van der Waals surface area contributed by atoms with Crippen LogP contribution in [0.3, 0.4) is 0 Å². The summed E-state index contributed by atoms with van der Waals surface area (Å²) in [6, 6.07) is 5.88. The minimum atomic E-state index is 0.0555. The van der Waals surface area contributed by atoms with Crippen LogP contribution in [-0.2, 0) is 12.5 Å². The fourth-order valence-electron chi connectivity index (χ4n) is 2.57. The van der Waals surface area contributed by atoms with E-state index in [1.54, 1.807) is 6.20 Å². The highest BCUT2D eigenvalue weighted by atomic mass is 15.3. The average Bonchev–Trinajstić information content (AvgIpc) is 2.91. The van der Waals surface area contributed by atoms with Gasteiger partial charge in [0.15, 0.2) is 11.6 Å². The molecule has 0 aliphatic heterocycles. The van der Waals surface area contributed by atoms with Crippen molar-refractivity contribution in [2.45, 2.75) is 58.3 Å². The summed E-state index contributed by atoms with van der Waals surface area (Å²) in [5.41, 5.74) is 0.936. The van der Waals surface area contributed by atoms with Crippen LogP contribution in [0.25, 0.3) is 11.5 Å². The van der Waals surface area contributed by atoms with Gasteiger partial charge < -0.3 is 0 Å². The number of hydrogen-bond donors (Lipinski definition) is 0. The topological polar surface area (TPSA) is 43.6 Å². The molecule has 0 spiro atoms. The minimum absolute atomic E-state index is 0.0555. The summed E-state index contributed by atoms with van der Waals surface area (Å²) in [7, 11) is 1.95. The zero-order chi connectivity index (χ0) is 15.3. The highest BCUT2D eigenvalue weighted by Gasteiger charge is 2.29. The Morgan fingerprint density at radius 2 is 2.00 bits per heavy atom. The van der Waals surface area contributed by atoms with E-state index < -0.39 is 0 Å². The van der Waals surface area contributed by atoms with Gasteiger partial charge in [-0.3, -0.25) is 4.98 Å². The first-order chi connectivity index (χ1) is 10.1. The predicted molar refractivity (Wildman–Crippen MR) is 86.0 cm³/mol.